The fourth-order valence-corrected chi connectivity index (χ4v) is 2.59. The lowest BCUT2D eigenvalue weighted by molar-refractivity contribution is -0.121. The Morgan fingerprint density at radius 1 is 1.58 bits per heavy atom. The molecular weight excluding hydrogens is 273 g/mol. The highest BCUT2D eigenvalue weighted by Gasteiger charge is 2.29. The maximum atomic E-state index is 13.4. The number of amides is 1. The summed E-state index contributed by atoms with van der Waals surface area (Å²) in [6, 6.07) is 2.46. The van der Waals surface area contributed by atoms with Crippen LogP contribution in [0.3, 0.4) is 0 Å². The molecule has 104 valence electrons. The van der Waals surface area contributed by atoms with Gasteiger partial charge in [-0.2, -0.15) is 4.31 Å². The van der Waals surface area contributed by atoms with Gasteiger partial charge in [-0.3, -0.25) is 4.79 Å². The Balaban J connectivity index is 2.10. The predicted molar refractivity (Wildman–Crippen MR) is 65.2 cm³/mol. The van der Waals surface area contributed by atoms with Gasteiger partial charge in [-0.05, 0) is 25.0 Å². The highest BCUT2D eigenvalue weighted by atomic mass is 32.2. The number of aromatic nitrogens is 1. The van der Waals surface area contributed by atoms with Crippen LogP contribution in [0, 0.1) is 5.82 Å². The molecule has 1 N–H and O–H groups in total. The number of sulfonamides is 1. The molecule has 0 atom stereocenters. The van der Waals surface area contributed by atoms with Crippen molar-refractivity contribution in [2.75, 3.05) is 13.6 Å². The molecule has 19 heavy (non-hydrogen) atoms. The molecule has 8 heteroatoms. The zero-order valence-electron chi connectivity index (χ0n) is 10.3. The number of hydrogen-bond donors (Lipinski definition) is 1. The second-order valence-corrected chi connectivity index (χ2v) is 6.35. The molecule has 1 amide bonds. The summed E-state index contributed by atoms with van der Waals surface area (Å²) in [6.07, 6.45) is 3.02. The number of halogens is 1. The highest BCUT2D eigenvalue weighted by molar-refractivity contribution is 7.89. The van der Waals surface area contributed by atoms with Crippen LogP contribution in [0.5, 0.6) is 0 Å². The summed E-state index contributed by atoms with van der Waals surface area (Å²) in [7, 11) is -2.88. The first-order chi connectivity index (χ1) is 8.91. The lowest BCUT2D eigenvalue weighted by Crippen LogP contribution is -2.39. The largest absolute Gasteiger partial charge is 0.352 e. The van der Waals surface area contributed by atoms with E-state index in [0.717, 1.165) is 23.2 Å². The minimum Gasteiger partial charge on any atom is -0.352 e. The van der Waals surface area contributed by atoms with Gasteiger partial charge in [0.1, 0.15) is 0 Å². The molecule has 1 aromatic rings. The van der Waals surface area contributed by atoms with Crippen LogP contribution >= 0.6 is 0 Å². The molecule has 0 aromatic carbocycles. The van der Waals surface area contributed by atoms with E-state index in [4.69, 9.17) is 0 Å². The molecule has 1 aliphatic rings. The Kier molecular flexibility index (Phi) is 3.81. The molecule has 1 aromatic heterocycles. The summed E-state index contributed by atoms with van der Waals surface area (Å²) < 4.78 is 38.3. The Morgan fingerprint density at radius 2 is 2.26 bits per heavy atom. The van der Waals surface area contributed by atoms with E-state index >= 15 is 0 Å². The maximum Gasteiger partial charge on any atom is 0.263 e. The first kappa shape index (κ1) is 13.9. The van der Waals surface area contributed by atoms with E-state index < -0.39 is 26.8 Å². The number of nitrogens with zero attached hydrogens (tertiary/aromatic N) is 2. The maximum absolute atomic E-state index is 13.4. The molecule has 1 heterocycles. The molecule has 0 radical (unpaired) electrons. The van der Waals surface area contributed by atoms with Crippen LogP contribution in [0.15, 0.2) is 23.4 Å². The van der Waals surface area contributed by atoms with E-state index in [9.17, 15) is 17.6 Å². The molecule has 1 aliphatic carbocycles. The summed E-state index contributed by atoms with van der Waals surface area (Å²) in [5.41, 5.74) is 0. The molecule has 1 saturated carbocycles. The smallest absolute Gasteiger partial charge is 0.263 e. The van der Waals surface area contributed by atoms with Crippen molar-refractivity contribution in [2.24, 2.45) is 0 Å². The Labute approximate surface area is 110 Å². The van der Waals surface area contributed by atoms with Crippen LogP contribution in [0.2, 0.25) is 0 Å². The van der Waals surface area contributed by atoms with Crippen molar-refractivity contribution in [1.82, 2.24) is 14.6 Å². The van der Waals surface area contributed by atoms with Crippen molar-refractivity contribution >= 4 is 15.9 Å². The van der Waals surface area contributed by atoms with Crippen LogP contribution in [-0.4, -0.2) is 43.2 Å². The van der Waals surface area contributed by atoms with E-state index in [1.165, 1.54) is 19.3 Å². The first-order valence-corrected chi connectivity index (χ1v) is 7.21. The predicted octanol–water partition coefficient (Wildman–Crippen LogP) is 0.120. The van der Waals surface area contributed by atoms with E-state index in [1.54, 1.807) is 0 Å². The molecule has 0 bridgehead atoms. The zero-order chi connectivity index (χ0) is 14.0. The third kappa shape index (κ3) is 3.27. The summed E-state index contributed by atoms with van der Waals surface area (Å²) in [6.45, 7) is -0.352. The Bertz CT molecular complexity index is 587. The van der Waals surface area contributed by atoms with Gasteiger partial charge in [0, 0.05) is 19.3 Å². The number of rotatable bonds is 5. The normalized spacial score (nSPS) is 15.5. The lowest BCUT2D eigenvalue weighted by atomic mass is 10.5. The first-order valence-electron chi connectivity index (χ1n) is 5.77. The number of hydrogen-bond acceptors (Lipinski definition) is 4. The van der Waals surface area contributed by atoms with Crippen LogP contribution in [0.25, 0.3) is 0 Å². The number of likely N-dealkylation sites (N-methyl/N-ethyl adjacent to an activating group) is 1. The quantitative estimate of drug-likeness (QED) is 0.834. The average Bonchev–Trinajstić information content (AvgIpc) is 3.12. The van der Waals surface area contributed by atoms with Gasteiger partial charge < -0.3 is 5.32 Å². The molecule has 0 spiro atoms. The molecule has 0 unspecified atom stereocenters. The second-order valence-electron chi connectivity index (χ2n) is 4.39. The summed E-state index contributed by atoms with van der Waals surface area (Å²) >= 11 is 0. The van der Waals surface area contributed by atoms with Crippen LogP contribution in [-0.2, 0) is 14.8 Å². The molecular formula is C11H14FN3O3S. The number of carbonyl (C=O) groups excluding carboxylic acids is 1. The summed E-state index contributed by atoms with van der Waals surface area (Å²) in [5.74, 6) is -1.33. The van der Waals surface area contributed by atoms with Crippen LogP contribution in [0.1, 0.15) is 12.8 Å². The van der Waals surface area contributed by atoms with Gasteiger partial charge >= 0.3 is 0 Å². The van der Waals surface area contributed by atoms with Crippen molar-refractivity contribution < 1.29 is 17.6 Å². The zero-order valence-corrected chi connectivity index (χ0v) is 11.2. The van der Waals surface area contributed by atoms with E-state index in [1.807, 2.05) is 0 Å². The van der Waals surface area contributed by atoms with Crippen LogP contribution in [0.4, 0.5) is 4.39 Å². The van der Waals surface area contributed by atoms with Crippen LogP contribution < -0.4 is 5.32 Å². The standard InChI is InChI=1S/C11H14FN3O3S/c1-15(7-10(16)14-8-4-5-8)19(17,18)11-9(12)3-2-6-13-11/h2-3,6,8H,4-5,7H2,1H3,(H,14,16). The van der Waals surface area contributed by atoms with Crippen molar-refractivity contribution in [1.29, 1.82) is 0 Å². The van der Waals surface area contributed by atoms with Gasteiger partial charge in [0.2, 0.25) is 10.9 Å². The van der Waals surface area contributed by atoms with Crippen molar-refractivity contribution in [3.63, 3.8) is 0 Å². The van der Waals surface area contributed by atoms with Gasteiger partial charge in [-0.25, -0.2) is 17.8 Å². The minimum atomic E-state index is -4.09. The van der Waals surface area contributed by atoms with Gasteiger partial charge in [0.05, 0.1) is 6.54 Å². The fraction of sp³-hybridized carbons (Fsp3) is 0.455. The fourth-order valence-electron chi connectivity index (χ4n) is 1.50. The van der Waals surface area contributed by atoms with Gasteiger partial charge in [-0.15, -0.1) is 0 Å². The summed E-state index contributed by atoms with van der Waals surface area (Å²) in [5, 5.41) is 1.99. The molecule has 0 saturated heterocycles. The topological polar surface area (TPSA) is 79.4 Å². The van der Waals surface area contributed by atoms with E-state index in [0.29, 0.717) is 0 Å². The molecule has 2 rings (SSSR count). The van der Waals surface area contributed by atoms with E-state index in [2.05, 4.69) is 10.3 Å². The number of pyridine rings is 1. The van der Waals surface area contributed by atoms with Gasteiger partial charge in [-0.1, -0.05) is 0 Å². The second kappa shape index (κ2) is 5.22. The summed E-state index contributed by atoms with van der Waals surface area (Å²) in [4.78, 5) is 15.1. The minimum absolute atomic E-state index is 0.148. The Morgan fingerprint density at radius 3 is 2.84 bits per heavy atom. The molecule has 0 aliphatic heterocycles. The SMILES string of the molecule is CN(CC(=O)NC1CC1)S(=O)(=O)c1ncccc1F. The number of carbonyl (C=O) groups is 1. The van der Waals surface area contributed by atoms with Crippen molar-refractivity contribution in [2.45, 2.75) is 23.9 Å². The third-order valence-corrected chi connectivity index (χ3v) is 4.43. The van der Waals surface area contributed by atoms with E-state index in [-0.39, 0.29) is 12.6 Å². The molecule has 6 nitrogen and oxygen atoms in total. The van der Waals surface area contributed by atoms with Gasteiger partial charge in [0.25, 0.3) is 10.0 Å². The third-order valence-electron chi connectivity index (χ3n) is 2.69. The monoisotopic (exact) mass is 287 g/mol. The highest BCUT2D eigenvalue weighted by Crippen LogP contribution is 2.19. The Hall–Kier alpha value is -1.54. The lowest BCUT2D eigenvalue weighted by Gasteiger charge is -2.16. The van der Waals surface area contributed by atoms with Crippen molar-refractivity contribution in [3.05, 3.63) is 24.1 Å². The number of nitrogens with one attached hydrogen (secondary N) is 1. The van der Waals surface area contributed by atoms with Crippen molar-refractivity contribution in [3.8, 4) is 0 Å². The van der Waals surface area contributed by atoms with Gasteiger partial charge in [0.15, 0.2) is 5.82 Å². The molecule has 1 fully saturated rings. The average molecular weight is 287 g/mol.